The van der Waals surface area contributed by atoms with Gasteiger partial charge in [-0.25, -0.2) is 4.79 Å². The molecule has 2 fully saturated rings. The third kappa shape index (κ3) is 16.0. The quantitative estimate of drug-likeness (QED) is 0.0589. The van der Waals surface area contributed by atoms with Crippen LogP contribution in [-0.4, -0.2) is 114 Å². The van der Waals surface area contributed by atoms with Crippen molar-refractivity contribution in [2.24, 2.45) is 23.5 Å². The van der Waals surface area contributed by atoms with Crippen molar-refractivity contribution in [1.82, 2.24) is 31.5 Å². The molecule has 8 N–H and O–H groups in total. The molecule has 0 radical (unpaired) electrons. The minimum atomic E-state index is -1.35. The van der Waals surface area contributed by atoms with Gasteiger partial charge in [0.05, 0.1) is 43.7 Å². The summed E-state index contributed by atoms with van der Waals surface area (Å²) in [6.45, 7) is 4.96. The van der Waals surface area contributed by atoms with Crippen molar-refractivity contribution in [3.8, 4) is 0 Å². The molecule has 2 aromatic carbocycles. The molecule has 19 nitrogen and oxygen atoms in total. The molecule has 1 saturated heterocycles. The van der Waals surface area contributed by atoms with Crippen molar-refractivity contribution in [2.45, 2.75) is 115 Å². The maximum atomic E-state index is 14.5. The Balaban J connectivity index is 1.48. The summed E-state index contributed by atoms with van der Waals surface area (Å²) in [6, 6.07) is 12.4. The monoisotopic (exact) mass is 905 g/mol. The number of Topliss-reactive ketones (excluding diaryl/α,β-unsaturated/α-hetero) is 1. The number of hydrogen-bond acceptors (Lipinski definition) is 11. The molecule has 1 aliphatic carbocycles. The lowest BCUT2D eigenvalue weighted by Gasteiger charge is -2.30. The van der Waals surface area contributed by atoms with Crippen molar-refractivity contribution in [3.05, 3.63) is 71.8 Å². The third-order valence-electron chi connectivity index (χ3n) is 11.3. The van der Waals surface area contributed by atoms with Gasteiger partial charge in [-0.15, -0.1) is 0 Å². The van der Waals surface area contributed by atoms with Gasteiger partial charge in [0, 0.05) is 19.5 Å². The van der Waals surface area contributed by atoms with E-state index in [1.54, 1.807) is 37.3 Å². The van der Waals surface area contributed by atoms with Crippen molar-refractivity contribution in [1.29, 1.82) is 0 Å². The Morgan fingerprint density at radius 3 is 2.11 bits per heavy atom. The lowest BCUT2D eigenvalue weighted by molar-refractivity contribution is -0.148. The van der Waals surface area contributed by atoms with Crippen LogP contribution in [0.5, 0.6) is 0 Å². The number of aliphatic carboxylic acids is 1. The standard InChI is InChI=1S/C46H63N7O12/c1-4-14-34(39(55)43(59)49-24-37(54)52-38(40(47)56)30-17-9-6-10-18-30)50-42(58)36-23-31(64-27-29-15-7-5-8-16-29)25-53(36)44(60)35(51-46(63)65-26-28(2)3)21-13-22-48-41(57)32-19-11-12-20-33(32)45(61)62/h5-10,15-18,28,31-36,38H,4,11-14,19-27H2,1-3H3,(H2,47,56)(H,48,57)(H,49,59)(H,50,58)(H,51,63)(H,52,54)(H,61,62)/t31-,32?,33?,34?,35+,36+,38+/m1/s1. The van der Waals surface area contributed by atoms with Crippen LogP contribution in [0.4, 0.5) is 4.79 Å². The summed E-state index contributed by atoms with van der Waals surface area (Å²) >= 11 is 0. The highest BCUT2D eigenvalue weighted by Gasteiger charge is 2.44. The van der Waals surface area contributed by atoms with Crippen molar-refractivity contribution >= 4 is 53.3 Å². The summed E-state index contributed by atoms with van der Waals surface area (Å²) < 4.78 is 11.5. The fourth-order valence-corrected chi connectivity index (χ4v) is 7.88. The number of carboxylic acid groups (broad SMARTS) is 1. The van der Waals surface area contributed by atoms with Gasteiger partial charge in [-0.3, -0.25) is 38.4 Å². The van der Waals surface area contributed by atoms with Crippen LogP contribution >= 0.6 is 0 Å². The summed E-state index contributed by atoms with van der Waals surface area (Å²) in [5.74, 6) is -8.19. The topological polar surface area (TPSA) is 282 Å². The number of ketones is 1. The van der Waals surface area contributed by atoms with E-state index < -0.39 is 102 Å². The van der Waals surface area contributed by atoms with E-state index in [1.807, 2.05) is 44.2 Å². The van der Waals surface area contributed by atoms with Crippen molar-refractivity contribution in [3.63, 3.8) is 0 Å². The smallest absolute Gasteiger partial charge is 0.407 e. The summed E-state index contributed by atoms with van der Waals surface area (Å²) in [5.41, 5.74) is 6.74. The Kier molecular flexibility index (Phi) is 20.4. The number of carboxylic acids is 1. The first-order valence-electron chi connectivity index (χ1n) is 22.2. The number of primary amides is 1. The van der Waals surface area contributed by atoms with Crippen LogP contribution < -0.4 is 32.3 Å². The molecule has 0 bridgehead atoms. The van der Waals surface area contributed by atoms with Crippen LogP contribution in [0.25, 0.3) is 0 Å². The fraction of sp³-hybridized carbons (Fsp3) is 0.543. The molecule has 1 heterocycles. The number of hydrogen-bond donors (Lipinski definition) is 7. The van der Waals surface area contributed by atoms with Gasteiger partial charge in [0.15, 0.2) is 0 Å². The van der Waals surface area contributed by atoms with Gasteiger partial charge in [-0.2, -0.15) is 0 Å². The molecule has 354 valence electrons. The molecule has 7 amide bonds. The number of ether oxygens (including phenoxy) is 2. The molecule has 3 unspecified atom stereocenters. The molecule has 65 heavy (non-hydrogen) atoms. The van der Waals surface area contributed by atoms with Crippen LogP contribution in [0.2, 0.25) is 0 Å². The SMILES string of the molecule is CCCC(NC(=O)[C@@H]1C[C@@H](OCc2ccccc2)CN1C(=O)[C@H](CCCNC(=O)C1CCCCC1C(=O)O)NC(=O)OCC(C)C)C(=O)C(=O)NCC(=O)N[C@H](C(N)=O)c1ccccc1. The van der Waals surface area contributed by atoms with Gasteiger partial charge in [-0.1, -0.05) is 101 Å². The number of rotatable bonds is 24. The van der Waals surface area contributed by atoms with E-state index in [4.69, 9.17) is 15.2 Å². The second-order valence-electron chi connectivity index (χ2n) is 16.8. The number of likely N-dealkylation sites (tertiary alicyclic amines) is 1. The molecular weight excluding hydrogens is 843 g/mol. The normalized spacial score (nSPS) is 19.5. The zero-order valence-electron chi connectivity index (χ0n) is 37.3. The summed E-state index contributed by atoms with van der Waals surface area (Å²) in [6.07, 6.45) is 1.34. The van der Waals surface area contributed by atoms with Crippen LogP contribution in [0.15, 0.2) is 60.7 Å². The van der Waals surface area contributed by atoms with Crippen LogP contribution in [0.1, 0.15) is 95.7 Å². The number of carbonyl (C=O) groups excluding carboxylic acids is 8. The summed E-state index contributed by atoms with van der Waals surface area (Å²) in [4.78, 5) is 119. The van der Waals surface area contributed by atoms with Gasteiger partial charge >= 0.3 is 12.1 Å². The number of nitrogens with one attached hydrogen (secondary N) is 5. The van der Waals surface area contributed by atoms with Gasteiger partial charge in [-0.05, 0) is 49.1 Å². The lowest BCUT2D eigenvalue weighted by atomic mass is 9.78. The van der Waals surface area contributed by atoms with E-state index in [0.717, 1.165) is 18.4 Å². The number of nitrogens with zero attached hydrogens (tertiary/aromatic N) is 1. The van der Waals surface area contributed by atoms with E-state index in [0.29, 0.717) is 24.8 Å². The highest BCUT2D eigenvalue weighted by molar-refractivity contribution is 6.38. The Morgan fingerprint density at radius 1 is 0.815 bits per heavy atom. The summed E-state index contributed by atoms with van der Waals surface area (Å²) in [7, 11) is 0. The molecule has 1 saturated carbocycles. The van der Waals surface area contributed by atoms with E-state index >= 15 is 0 Å². The number of nitrogens with two attached hydrogens (primary N) is 1. The van der Waals surface area contributed by atoms with Crippen LogP contribution in [0.3, 0.4) is 0 Å². The average Bonchev–Trinajstić information content (AvgIpc) is 3.74. The number of carbonyl (C=O) groups is 9. The fourth-order valence-electron chi connectivity index (χ4n) is 7.88. The second-order valence-corrected chi connectivity index (χ2v) is 16.8. The van der Waals surface area contributed by atoms with Gasteiger partial charge in [0.2, 0.25) is 35.3 Å². The minimum Gasteiger partial charge on any atom is -0.481 e. The number of benzene rings is 2. The van der Waals surface area contributed by atoms with Gasteiger partial charge < -0.3 is 51.8 Å². The molecule has 0 spiro atoms. The molecule has 19 heteroatoms. The first-order chi connectivity index (χ1) is 31.1. The van der Waals surface area contributed by atoms with Gasteiger partial charge in [0.25, 0.3) is 5.91 Å². The Labute approximate surface area is 378 Å². The lowest BCUT2D eigenvalue weighted by Crippen LogP contribution is -2.56. The van der Waals surface area contributed by atoms with E-state index in [1.165, 1.54) is 4.90 Å². The predicted octanol–water partition coefficient (Wildman–Crippen LogP) is 2.02. The Morgan fingerprint density at radius 2 is 1.48 bits per heavy atom. The Hall–Kier alpha value is -6.37. The highest BCUT2D eigenvalue weighted by Crippen LogP contribution is 2.30. The predicted molar refractivity (Wildman–Crippen MR) is 235 cm³/mol. The summed E-state index contributed by atoms with van der Waals surface area (Å²) in [5, 5.41) is 22.4. The first kappa shape index (κ1) is 51.3. The maximum Gasteiger partial charge on any atom is 0.407 e. The minimum absolute atomic E-state index is 0.000470. The third-order valence-corrected chi connectivity index (χ3v) is 11.3. The highest BCUT2D eigenvalue weighted by atomic mass is 16.5. The molecule has 4 rings (SSSR count). The maximum absolute atomic E-state index is 14.5. The molecule has 1 aliphatic heterocycles. The molecule has 2 aromatic rings. The van der Waals surface area contributed by atoms with E-state index in [-0.39, 0.29) is 57.9 Å². The molecule has 0 aromatic heterocycles. The molecule has 7 atom stereocenters. The molecular formula is C46H63N7O12. The van der Waals surface area contributed by atoms with Crippen LogP contribution in [-0.2, 0) is 54.4 Å². The Bertz CT molecular complexity index is 1970. The number of amides is 7. The van der Waals surface area contributed by atoms with Crippen molar-refractivity contribution in [2.75, 3.05) is 26.2 Å². The second kappa shape index (κ2) is 25.8. The average molecular weight is 906 g/mol. The largest absolute Gasteiger partial charge is 0.481 e. The van der Waals surface area contributed by atoms with E-state index in [2.05, 4.69) is 26.6 Å². The van der Waals surface area contributed by atoms with Crippen molar-refractivity contribution < 1.29 is 57.7 Å². The van der Waals surface area contributed by atoms with Crippen LogP contribution in [0, 0.1) is 17.8 Å². The first-order valence-corrected chi connectivity index (χ1v) is 22.2. The number of alkyl carbamates (subject to hydrolysis) is 1. The zero-order chi connectivity index (χ0) is 47.5. The van der Waals surface area contributed by atoms with E-state index in [9.17, 15) is 48.3 Å². The zero-order valence-corrected chi connectivity index (χ0v) is 37.3. The van der Waals surface area contributed by atoms with Gasteiger partial charge in [0.1, 0.15) is 18.1 Å². The molecule has 2 aliphatic rings.